The van der Waals surface area contributed by atoms with Crippen LogP contribution in [0.4, 0.5) is 0 Å². The molecular weight excluding hydrogens is 239 g/mol. The van der Waals surface area contributed by atoms with Crippen molar-refractivity contribution >= 4 is 38.4 Å². The van der Waals surface area contributed by atoms with Crippen molar-refractivity contribution in [1.29, 1.82) is 0 Å². The molecule has 0 fully saturated rings. The molecule has 0 aliphatic carbocycles. The summed E-state index contributed by atoms with van der Waals surface area (Å²) < 4.78 is 0.734. The minimum absolute atomic E-state index is 0.667. The maximum Gasteiger partial charge on any atom is 0.118 e. The second-order valence-electron chi connectivity index (χ2n) is 2.30. The Balaban J connectivity index is 2.96. The van der Waals surface area contributed by atoms with Crippen LogP contribution in [0.1, 0.15) is 0 Å². The molecule has 0 unspecified atom stereocenters. The molecule has 0 aliphatic rings. The molecule has 0 saturated heterocycles. The summed E-state index contributed by atoms with van der Waals surface area (Å²) in [4.78, 5) is 8.07. The monoisotopic (exact) mass is 242 g/mol. The Hall–Kier alpha value is -0.670. The number of nitrogens with zero attached hydrogens (tertiary/aromatic N) is 2. The number of aromatic nitrogens is 2. The molecule has 1 aromatic heterocycles. The van der Waals surface area contributed by atoms with Crippen molar-refractivity contribution in [2.75, 3.05) is 0 Å². The zero-order valence-electron chi connectivity index (χ0n) is 5.96. The lowest BCUT2D eigenvalue weighted by atomic mass is 10.2. The van der Waals surface area contributed by atoms with Crippen LogP contribution in [0.25, 0.3) is 10.9 Å². The lowest BCUT2D eigenvalue weighted by Gasteiger charge is -1.99. The van der Waals surface area contributed by atoms with Crippen molar-refractivity contribution < 1.29 is 0 Å². The minimum Gasteiger partial charge on any atom is -0.236 e. The third-order valence-corrected chi connectivity index (χ3v) is 2.48. The van der Waals surface area contributed by atoms with E-state index in [2.05, 4.69) is 25.9 Å². The van der Waals surface area contributed by atoms with E-state index < -0.39 is 0 Å². The second kappa shape index (κ2) is 2.99. The molecule has 4 heteroatoms. The Bertz CT molecular complexity index is 394. The van der Waals surface area contributed by atoms with Crippen LogP contribution >= 0.6 is 27.5 Å². The van der Waals surface area contributed by atoms with Gasteiger partial charge in [-0.25, -0.2) is 9.97 Å². The summed E-state index contributed by atoms with van der Waals surface area (Å²) in [6.07, 6.45) is 1.50. The van der Waals surface area contributed by atoms with Gasteiger partial charge in [-0.05, 0) is 28.1 Å². The highest BCUT2D eigenvalue weighted by Crippen LogP contribution is 2.26. The molecular formula is C8H4BrClN2. The fourth-order valence-corrected chi connectivity index (χ4v) is 1.91. The summed E-state index contributed by atoms with van der Waals surface area (Å²) >= 11 is 9.26. The van der Waals surface area contributed by atoms with E-state index in [0.717, 1.165) is 15.5 Å². The van der Waals surface area contributed by atoms with E-state index >= 15 is 0 Å². The molecule has 0 bridgehead atoms. The molecule has 12 heavy (non-hydrogen) atoms. The van der Waals surface area contributed by atoms with Crippen LogP contribution in [0.15, 0.2) is 29.1 Å². The third-order valence-electron chi connectivity index (χ3n) is 1.57. The average Bonchev–Trinajstić information content (AvgIpc) is 2.04. The summed E-state index contributed by atoms with van der Waals surface area (Å²) in [5, 5.41) is 1.53. The van der Waals surface area contributed by atoms with Crippen molar-refractivity contribution in [3.05, 3.63) is 34.2 Å². The van der Waals surface area contributed by atoms with Gasteiger partial charge in [-0.3, -0.25) is 0 Å². The highest BCUT2D eigenvalue weighted by atomic mass is 79.9. The van der Waals surface area contributed by atoms with Crippen molar-refractivity contribution in [2.24, 2.45) is 0 Å². The standard InChI is InChI=1S/C8H4BrClN2/c9-8-7-5(10)2-1-3-6(7)11-4-12-8/h1-4H. The van der Waals surface area contributed by atoms with Crippen LogP contribution in [0.2, 0.25) is 5.02 Å². The van der Waals surface area contributed by atoms with Gasteiger partial charge in [0.05, 0.1) is 15.9 Å². The van der Waals surface area contributed by atoms with Crippen LogP contribution in [0.3, 0.4) is 0 Å². The smallest absolute Gasteiger partial charge is 0.118 e. The van der Waals surface area contributed by atoms with E-state index in [9.17, 15) is 0 Å². The molecule has 1 aromatic carbocycles. The van der Waals surface area contributed by atoms with E-state index in [4.69, 9.17) is 11.6 Å². The van der Waals surface area contributed by atoms with Crippen LogP contribution < -0.4 is 0 Å². The zero-order valence-corrected chi connectivity index (χ0v) is 8.30. The van der Waals surface area contributed by atoms with E-state index in [1.54, 1.807) is 0 Å². The molecule has 0 N–H and O–H groups in total. The van der Waals surface area contributed by atoms with Gasteiger partial charge < -0.3 is 0 Å². The van der Waals surface area contributed by atoms with Crippen molar-refractivity contribution in [2.45, 2.75) is 0 Å². The molecule has 1 heterocycles. The lowest BCUT2D eigenvalue weighted by Crippen LogP contribution is -1.83. The summed E-state index contributed by atoms with van der Waals surface area (Å²) in [6.45, 7) is 0. The Labute approximate surface area is 82.7 Å². The SMILES string of the molecule is Clc1cccc2ncnc(Br)c12. The average molecular weight is 243 g/mol. The number of halogens is 2. The van der Waals surface area contributed by atoms with Crippen molar-refractivity contribution in [3.63, 3.8) is 0 Å². The second-order valence-corrected chi connectivity index (χ2v) is 3.46. The van der Waals surface area contributed by atoms with Gasteiger partial charge in [0, 0.05) is 0 Å². The molecule has 2 rings (SSSR count). The van der Waals surface area contributed by atoms with Crippen LogP contribution in [0, 0.1) is 0 Å². The van der Waals surface area contributed by atoms with E-state index in [0.29, 0.717) is 5.02 Å². The maximum absolute atomic E-state index is 5.95. The summed E-state index contributed by atoms with van der Waals surface area (Å²) in [7, 11) is 0. The summed E-state index contributed by atoms with van der Waals surface area (Å²) in [5.74, 6) is 0. The van der Waals surface area contributed by atoms with E-state index in [-0.39, 0.29) is 0 Å². The summed E-state index contributed by atoms with van der Waals surface area (Å²) in [6, 6.07) is 5.58. The molecule has 0 saturated carbocycles. The zero-order chi connectivity index (χ0) is 8.55. The number of hydrogen-bond donors (Lipinski definition) is 0. The van der Waals surface area contributed by atoms with Crippen LogP contribution in [0.5, 0.6) is 0 Å². The number of fused-ring (bicyclic) bond motifs is 1. The van der Waals surface area contributed by atoms with Crippen molar-refractivity contribution in [3.8, 4) is 0 Å². The maximum atomic E-state index is 5.95. The Morgan fingerprint density at radius 1 is 1.25 bits per heavy atom. The number of hydrogen-bond acceptors (Lipinski definition) is 2. The number of rotatable bonds is 0. The third kappa shape index (κ3) is 1.19. The molecule has 0 atom stereocenters. The normalized spacial score (nSPS) is 10.5. The molecule has 0 aliphatic heterocycles. The molecule has 60 valence electrons. The van der Waals surface area contributed by atoms with Crippen molar-refractivity contribution in [1.82, 2.24) is 9.97 Å². The first kappa shape index (κ1) is 7.95. The molecule has 2 aromatic rings. The highest BCUT2D eigenvalue weighted by Gasteiger charge is 2.03. The van der Waals surface area contributed by atoms with Gasteiger partial charge in [0.25, 0.3) is 0 Å². The topological polar surface area (TPSA) is 25.8 Å². The van der Waals surface area contributed by atoms with E-state index in [1.165, 1.54) is 6.33 Å². The first-order valence-corrected chi connectivity index (χ1v) is 4.51. The Morgan fingerprint density at radius 2 is 2.08 bits per heavy atom. The quantitative estimate of drug-likeness (QED) is 0.665. The van der Waals surface area contributed by atoms with Gasteiger partial charge in [0.15, 0.2) is 0 Å². The van der Waals surface area contributed by atoms with Gasteiger partial charge >= 0.3 is 0 Å². The Morgan fingerprint density at radius 3 is 2.83 bits per heavy atom. The van der Waals surface area contributed by atoms with Gasteiger partial charge in [-0.2, -0.15) is 0 Å². The van der Waals surface area contributed by atoms with Crippen LogP contribution in [-0.4, -0.2) is 9.97 Å². The van der Waals surface area contributed by atoms with Gasteiger partial charge in [0.2, 0.25) is 0 Å². The fraction of sp³-hybridized carbons (Fsp3) is 0. The molecule has 0 amide bonds. The van der Waals surface area contributed by atoms with Crippen LogP contribution in [-0.2, 0) is 0 Å². The summed E-state index contributed by atoms with van der Waals surface area (Å²) in [5.41, 5.74) is 0.851. The lowest BCUT2D eigenvalue weighted by molar-refractivity contribution is 1.19. The van der Waals surface area contributed by atoms with E-state index in [1.807, 2.05) is 18.2 Å². The largest absolute Gasteiger partial charge is 0.236 e. The first-order valence-electron chi connectivity index (χ1n) is 3.34. The number of benzene rings is 1. The van der Waals surface area contributed by atoms with Gasteiger partial charge in [-0.1, -0.05) is 17.7 Å². The fourth-order valence-electron chi connectivity index (χ4n) is 1.03. The molecule has 0 spiro atoms. The van der Waals surface area contributed by atoms with Gasteiger partial charge in [-0.15, -0.1) is 0 Å². The van der Waals surface area contributed by atoms with Gasteiger partial charge in [0.1, 0.15) is 10.9 Å². The first-order chi connectivity index (χ1) is 5.79. The highest BCUT2D eigenvalue weighted by molar-refractivity contribution is 9.10. The minimum atomic E-state index is 0.667. The molecule has 0 radical (unpaired) electrons. The Kier molecular flexibility index (Phi) is 1.98. The predicted octanol–water partition coefficient (Wildman–Crippen LogP) is 3.05. The predicted molar refractivity (Wildman–Crippen MR) is 52.2 cm³/mol. The molecule has 2 nitrogen and oxygen atoms in total.